The van der Waals surface area contributed by atoms with Crippen molar-refractivity contribution in [2.45, 2.75) is 100.0 Å². The van der Waals surface area contributed by atoms with E-state index in [1.807, 2.05) is 27.7 Å². The molecule has 0 bridgehead atoms. The molecule has 0 amide bonds. The second-order valence-electron chi connectivity index (χ2n) is 6.76. The highest BCUT2D eigenvalue weighted by Gasteiger charge is 2.20. The van der Waals surface area contributed by atoms with Gasteiger partial charge in [-0.15, -0.1) is 0 Å². The molecule has 0 unspecified atom stereocenters. The highest BCUT2D eigenvalue weighted by Crippen LogP contribution is 2.27. The zero-order valence-electron chi connectivity index (χ0n) is 20.2. The van der Waals surface area contributed by atoms with Gasteiger partial charge < -0.3 is 15.5 Å². The van der Waals surface area contributed by atoms with Gasteiger partial charge in [-0.05, 0) is 43.4 Å². The first-order valence-corrected chi connectivity index (χ1v) is 11.1. The quantitative estimate of drug-likeness (QED) is 0.483. The van der Waals surface area contributed by atoms with E-state index in [9.17, 15) is 9.18 Å². The number of hydrogen-bond donors (Lipinski definition) is 3. The second-order valence-corrected chi connectivity index (χ2v) is 6.76. The molecule has 29 heavy (non-hydrogen) atoms. The number of aromatic carboxylic acids is 1. The van der Waals surface area contributed by atoms with Gasteiger partial charge in [-0.3, -0.25) is 0 Å². The third-order valence-corrected chi connectivity index (χ3v) is 4.24. The van der Waals surface area contributed by atoms with Crippen LogP contribution in [0.25, 0.3) is 0 Å². The number of carboxylic acids is 1. The first-order chi connectivity index (χ1) is 13.8. The van der Waals surface area contributed by atoms with Crippen LogP contribution in [0.4, 0.5) is 10.1 Å². The molecule has 1 fully saturated rings. The number of aliphatic hydroxyl groups excluding tert-OH is 1. The Morgan fingerprint density at radius 3 is 1.93 bits per heavy atom. The molecule has 2 rings (SSSR count). The largest absolute Gasteiger partial charge is 0.478 e. The fourth-order valence-corrected chi connectivity index (χ4v) is 2.51. The van der Waals surface area contributed by atoms with Crippen LogP contribution in [0.5, 0.6) is 0 Å². The number of aliphatic hydroxyl groups is 1. The molecule has 0 spiro atoms. The van der Waals surface area contributed by atoms with Crippen molar-refractivity contribution in [1.82, 2.24) is 0 Å². The second kappa shape index (κ2) is 21.1. The monoisotopic (exact) mass is 415 g/mol. The lowest BCUT2D eigenvalue weighted by molar-refractivity contribution is 0.0697. The lowest BCUT2D eigenvalue weighted by Gasteiger charge is -2.25. The molecule has 3 N–H and O–H groups in total. The van der Waals surface area contributed by atoms with E-state index < -0.39 is 11.8 Å². The predicted molar refractivity (Wildman–Crippen MR) is 125 cm³/mol. The Balaban J connectivity index is -0.000000521. The predicted octanol–water partition coefficient (Wildman–Crippen LogP) is 7.29. The van der Waals surface area contributed by atoms with Gasteiger partial charge in [-0.25, -0.2) is 9.18 Å². The van der Waals surface area contributed by atoms with Gasteiger partial charge in [-0.2, -0.15) is 0 Å². The summed E-state index contributed by atoms with van der Waals surface area (Å²) >= 11 is 0. The van der Waals surface area contributed by atoms with E-state index in [0.29, 0.717) is 5.56 Å². The SMILES string of the molecule is CC.CC.CCC(C)C.CO.Cc1cc(F)c(NC2CCCCC2)c(C(=O)O)c1. The molecule has 172 valence electrons. The van der Waals surface area contributed by atoms with Crippen molar-refractivity contribution in [2.24, 2.45) is 5.92 Å². The molecule has 0 aromatic heterocycles. The Morgan fingerprint density at radius 1 is 1.10 bits per heavy atom. The van der Waals surface area contributed by atoms with E-state index in [1.165, 1.54) is 25.0 Å². The molecule has 1 aromatic carbocycles. The maximum absolute atomic E-state index is 13.9. The molecular formula is C24H46FNO3. The average molecular weight is 416 g/mol. The maximum Gasteiger partial charge on any atom is 0.337 e. The normalized spacial score (nSPS) is 12.6. The fraction of sp³-hybridized carbons (Fsp3) is 0.708. The minimum absolute atomic E-state index is 0.0260. The van der Waals surface area contributed by atoms with Crippen LogP contribution in [-0.4, -0.2) is 29.3 Å². The first-order valence-electron chi connectivity index (χ1n) is 11.1. The van der Waals surface area contributed by atoms with Gasteiger partial charge in [0.25, 0.3) is 0 Å². The van der Waals surface area contributed by atoms with E-state index >= 15 is 0 Å². The standard InChI is InChI=1S/C14H18FNO2.C5H12.2C2H6.CH4O/c1-9-7-11(14(17)18)13(12(15)8-9)16-10-5-3-2-4-6-10;1-4-5(2)3;3*1-2/h7-8,10,16H,2-6H2,1H3,(H,17,18);5H,4H2,1-3H3;2*1-2H3;2H,1H3. The van der Waals surface area contributed by atoms with E-state index in [-0.39, 0.29) is 17.3 Å². The minimum Gasteiger partial charge on any atom is -0.478 e. The molecule has 4 nitrogen and oxygen atoms in total. The van der Waals surface area contributed by atoms with Crippen LogP contribution < -0.4 is 5.32 Å². The summed E-state index contributed by atoms with van der Waals surface area (Å²) in [6, 6.07) is 3.07. The van der Waals surface area contributed by atoms with Gasteiger partial charge in [-0.1, -0.05) is 74.1 Å². The maximum atomic E-state index is 13.9. The van der Waals surface area contributed by atoms with Gasteiger partial charge in [0, 0.05) is 13.2 Å². The minimum atomic E-state index is -1.09. The molecular weight excluding hydrogens is 369 g/mol. The van der Waals surface area contributed by atoms with Crippen LogP contribution in [0.1, 0.15) is 103 Å². The molecule has 0 radical (unpaired) electrons. The Bertz CT molecular complexity index is 513. The van der Waals surface area contributed by atoms with E-state index in [0.717, 1.165) is 38.7 Å². The number of halogens is 1. The van der Waals surface area contributed by atoms with E-state index in [2.05, 4.69) is 26.1 Å². The fourth-order valence-electron chi connectivity index (χ4n) is 2.51. The summed E-state index contributed by atoms with van der Waals surface area (Å²) in [4.78, 5) is 11.2. The van der Waals surface area contributed by atoms with Gasteiger partial charge in [0.05, 0.1) is 11.3 Å². The molecule has 0 aliphatic heterocycles. The molecule has 1 aliphatic rings. The lowest BCUT2D eigenvalue weighted by atomic mass is 9.95. The third kappa shape index (κ3) is 15.0. The molecule has 5 heteroatoms. The summed E-state index contributed by atoms with van der Waals surface area (Å²) < 4.78 is 13.9. The highest BCUT2D eigenvalue weighted by molar-refractivity contribution is 5.94. The van der Waals surface area contributed by atoms with Crippen molar-refractivity contribution in [3.05, 3.63) is 29.1 Å². The highest BCUT2D eigenvalue weighted by atomic mass is 19.1. The van der Waals surface area contributed by atoms with Crippen molar-refractivity contribution in [2.75, 3.05) is 12.4 Å². The number of anilines is 1. The third-order valence-electron chi connectivity index (χ3n) is 4.24. The van der Waals surface area contributed by atoms with Crippen molar-refractivity contribution >= 4 is 11.7 Å². The van der Waals surface area contributed by atoms with E-state index in [4.69, 9.17) is 10.2 Å². The molecule has 1 aromatic rings. The Morgan fingerprint density at radius 2 is 1.55 bits per heavy atom. The molecule has 1 saturated carbocycles. The Hall–Kier alpha value is -1.62. The Kier molecular flexibility index (Phi) is 23.3. The van der Waals surface area contributed by atoms with Gasteiger partial charge >= 0.3 is 5.97 Å². The number of nitrogens with one attached hydrogen (secondary N) is 1. The Labute approximate surface area is 178 Å². The van der Waals surface area contributed by atoms with Crippen LogP contribution in [0.15, 0.2) is 12.1 Å². The van der Waals surface area contributed by atoms with Gasteiger partial charge in [0.1, 0.15) is 5.82 Å². The van der Waals surface area contributed by atoms with Crippen molar-refractivity contribution in [3.63, 3.8) is 0 Å². The van der Waals surface area contributed by atoms with Crippen molar-refractivity contribution in [1.29, 1.82) is 0 Å². The summed E-state index contributed by atoms with van der Waals surface area (Å²) in [5.74, 6) is -0.677. The smallest absolute Gasteiger partial charge is 0.337 e. The molecule has 0 atom stereocenters. The molecule has 0 saturated heterocycles. The average Bonchev–Trinajstić information content (AvgIpc) is 2.75. The summed E-state index contributed by atoms with van der Waals surface area (Å²) in [6.07, 6.45) is 6.71. The summed E-state index contributed by atoms with van der Waals surface area (Å²) in [5.41, 5.74) is 0.789. The topological polar surface area (TPSA) is 69.6 Å². The number of carboxylic acid groups (broad SMARTS) is 1. The first kappa shape index (κ1) is 32.1. The number of hydrogen-bond acceptors (Lipinski definition) is 3. The molecule has 1 aliphatic carbocycles. The van der Waals surface area contributed by atoms with Crippen LogP contribution in [0.3, 0.4) is 0 Å². The zero-order chi connectivity index (χ0) is 23.4. The van der Waals surface area contributed by atoms with Crippen LogP contribution in [0.2, 0.25) is 0 Å². The number of carbonyl (C=O) groups is 1. The number of benzene rings is 1. The van der Waals surface area contributed by atoms with Gasteiger partial charge in [0.15, 0.2) is 0 Å². The van der Waals surface area contributed by atoms with Crippen molar-refractivity contribution < 1.29 is 19.4 Å². The summed E-state index contributed by atoms with van der Waals surface area (Å²) in [5, 5.41) is 19.2. The molecule has 0 heterocycles. The van der Waals surface area contributed by atoms with Crippen LogP contribution >= 0.6 is 0 Å². The van der Waals surface area contributed by atoms with Gasteiger partial charge in [0.2, 0.25) is 0 Å². The van der Waals surface area contributed by atoms with Crippen molar-refractivity contribution in [3.8, 4) is 0 Å². The van der Waals surface area contributed by atoms with Crippen LogP contribution in [-0.2, 0) is 0 Å². The number of rotatable bonds is 4. The zero-order valence-corrected chi connectivity index (χ0v) is 20.2. The summed E-state index contributed by atoms with van der Waals surface area (Å²) in [7, 11) is 1.00. The van der Waals surface area contributed by atoms with Crippen LogP contribution in [0, 0.1) is 18.7 Å². The summed E-state index contributed by atoms with van der Waals surface area (Å²) in [6.45, 7) is 16.3. The lowest BCUT2D eigenvalue weighted by Crippen LogP contribution is -2.24. The van der Waals surface area contributed by atoms with E-state index in [1.54, 1.807) is 6.92 Å². The number of aryl methyl sites for hydroxylation is 1.